The fraction of sp³-hybridized carbons (Fsp3) is 0.200. The van der Waals surface area contributed by atoms with E-state index in [2.05, 4.69) is 46.5 Å². The first-order chi connectivity index (χ1) is 15.3. The third-order valence-electron chi connectivity index (χ3n) is 5.71. The van der Waals surface area contributed by atoms with E-state index in [9.17, 15) is 0 Å². The molecule has 1 aliphatic carbocycles. The van der Waals surface area contributed by atoms with Crippen LogP contribution in [0.1, 0.15) is 36.3 Å². The average Bonchev–Trinajstić information content (AvgIpc) is 3.58. The van der Waals surface area contributed by atoms with Crippen molar-refractivity contribution < 1.29 is 0 Å². The molecule has 6 rings (SSSR count). The highest BCUT2D eigenvalue weighted by atomic mass is 32.1. The number of fused-ring (bicyclic) bond motifs is 2. The van der Waals surface area contributed by atoms with Crippen molar-refractivity contribution in [2.45, 2.75) is 32.1 Å². The van der Waals surface area contributed by atoms with Gasteiger partial charge in [0, 0.05) is 29.4 Å². The molecule has 0 aliphatic heterocycles. The summed E-state index contributed by atoms with van der Waals surface area (Å²) in [5, 5.41) is 5.91. The molecule has 31 heavy (non-hydrogen) atoms. The molecule has 5 nitrogen and oxygen atoms in total. The fourth-order valence-electron chi connectivity index (χ4n) is 3.93. The monoisotopic (exact) mass is 423 g/mol. The number of aryl methyl sites for hydroxylation is 1. The van der Waals surface area contributed by atoms with Crippen LogP contribution in [0, 0.1) is 0 Å². The third kappa shape index (κ3) is 3.43. The Kier molecular flexibility index (Phi) is 4.39. The lowest BCUT2D eigenvalue weighted by Gasteiger charge is -2.13. The van der Waals surface area contributed by atoms with Crippen LogP contribution in [0.15, 0.2) is 60.9 Å². The summed E-state index contributed by atoms with van der Waals surface area (Å²) in [6, 6.07) is 16.3. The average molecular weight is 424 g/mol. The Bertz CT molecular complexity index is 1410. The van der Waals surface area contributed by atoms with Gasteiger partial charge >= 0.3 is 0 Å². The number of hydrogen-bond acceptors (Lipinski definition) is 6. The highest BCUT2D eigenvalue weighted by Crippen LogP contribution is 2.43. The Morgan fingerprint density at radius 1 is 0.935 bits per heavy atom. The van der Waals surface area contributed by atoms with E-state index in [4.69, 9.17) is 9.97 Å². The summed E-state index contributed by atoms with van der Waals surface area (Å²) in [5.41, 5.74) is 5.88. The number of thiazole rings is 1. The van der Waals surface area contributed by atoms with Crippen molar-refractivity contribution in [1.29, 1.82) is 0 Å². The van der Waals surface area contributed by atoms with Crippen LogP contribution in [0.2, 0.25) is 0 Å². The van der Waals surface area contributed by atoms with Crippen LogP contribution >= 0.6 is 11.3 Å². The van der Waals surface area contributed by atoms with Crippen LogP contribution in [0.5, 0.6) is 0 Å². The molecule has 152 valence electrons. The lowest BCUT2D eigenvalue weighted by Crippen LogP contribution is -2.00. The molecule has 0 bridgehead atoms. The van der Waals surface area contributed by atoms with E-state index in [1.54, 1.807) is 6.20 Å². The van der Waals surface area contributed by atoms with Crippen molar-refractivity contribution in [1.82, 2.24) is 19.9 Å². The standard InChI is InChI=1S/C25H21N5S/c1-2-15-10-12-27-21-14-20(18-5-3-4-11-26-18)29-24(23(15)21)28-17-8-9-19-22(13-17)31-25(30-19)16-6-7-16/h3-5,8-14,16H,2,6-7H2,1H3,(H,28,29). The number of benzene rings is 1. The number of nitrogens with one attached hydrogen (secondary N) is 1. The van der Waals surface area contributed by atoms with Gasteiger partial charge in [-0.3, -0.25) is 9.97 Å². The minimum Gasteiger partial charge on any atom is -0.340 e. The Morgan fingerprint density at radius 3 is 2.68 bits per heavy atom. The van der Waals surface area contributed by atoms with Crippen LogP contribution in [0.4, 0.5) is 11.5 Å². The Balaban J connectivity index is 1.48. The topological polar surface area (TPSA) is 63.6 Å². The second-order valence-electron chi connectivity index (χ2n) is 7.92. The zero-order chi connectivity index (χ0) is 20.8. The van der Waals surface area contributed by atoms with E-state index in [-0.39, 0.29) is 0 Å². The van der Waals surface area contributed by atoms with E-state index in [1.165, 1.54) is 28.1 Å². The minimum atomic E-state index is 0.674. The van der Waals surface area contributed by atoms with Gasteiger partial charge in [-0.1, -0.05) is 13.0 Å². The highest BCUT2D eigenvalue weighted by molar-refractivity contribution is 7.18. The molecule has 1 aromatic carbocycles. The predicted octanol–water partition coefficient (Wildman–Crippen LogP) is 6.48. The number of pyridine rings is 3. The molecular formula is C25H21N5S. The SMILES string of the molecule is CCc1ccnc2cc(-c3ccccn3)nc(Nc3ccc4nc(C5CC5)sc4c3)c12. The van der Waals surface area contributed by atoms with Gasteiger partial charge in [0.1, 0.15) is 5.82 Å². The first-order valence-electron chi connectivity index (χ1n) is 10.7. The van der Waals surface area contributed by atoms with Crippen molar-refractivity contribution in [3.63, 3.8) is 0 Å². The van der Waals surface area contributed by atoms with E-state index < -0.39 is 0 Å². The Hall–Kier alpha value is -3.38. The van der Waals surface area contributed by atoms with Gasteiger partial charge in [-0.25, -0.2) is 9.97 Å². The molecular weight excluding hydrogens is 402 g/mol. The second-order valence-corrected chi connectivity index (χ2v) is 8.98. The summed E-state index contributed by atoms with van der Waals surface area (Å²) in [5.74, 6) is 1.49. The van der Waals surface area contributed by atoms with Crippen molar-refractivity contribution in [3.8, 4) is 11.4 Å². The predicted molar refractivity (Wildman–Crippen MR) is 127 cm³/mol. The summed E-state index contributed by atoms with van der Waals surface area (Å²) in [4.78, 5) is 18.9. The molecule has 1 saturated carbocycles. The first-order valence-corrected chi connectivity index (χ1v) is 11.5. The molecule has 4 heterocycles. The zero-order valence-electron chi connectivity index (χ0n) is 17.2. The second kappa shape index (κ2) is 7.39. The molecule has 0 saturated heterocycles. The van der Waals surface area contributed by atoms with Crippen molar-refractivity contribution >= 4 is 44.0 Å². The van der Waals surface area contributed by atoms with Gasteiger partial charge in [-0.2, -0.15) is 0 Å². The van der Waals surface area contributed by atoms with E-state index >= 15 is 0 Å². The minimum absolute atomic E-state index is 0.674. The highest BCUT2D eigenvalue weighted by Gasteiger charge is 2.27. The van der Waals surface area contributed by atoms with Gasteiger partial charge in [-0.15, -0.1) is 11.3 Å². The number of rotatable bonds is 5. The molecule has 1 N–H and O–H groups in total. The summed E-state index contributed by atoms with van der Waals surface area (Å²) >= 11 is 1.81. The van der Waals surface area contributed by atoms with Gasteiger partial charge in [-0.05, 0) is 67.3 Å². The lowest BCUT2D eigenvalue weighted by atomic mass is 10.1. The van der Waals surface area contributed by atoms with Gasteiger partial charge < -0.3 is 5.32 Å². The van der Waals surface area contributed by atoms with E-state index in [0.29, 0.717) is 5.92 Å². The van der Waals surface area contributed by atoms with Crippen LogP contribution in [-0.4, -0.2) is 19.9 Å². The number of nitrogens with zero attached hydrogens (tertiary/aromatic N) is 4. The molecule has 5 aromatic rings. The molecule has 0 atom stereocenters. The fourth-order valence-corrected chi connectivity index (χ4v) is 5.11. The maximum atomic E-state index is 4.97. The third-order valence-corrected chi connectivity index (χ3v) is 6.89. The summed E-state index contributed by atoms with van der Waals surface area (Å²) in [6.07, 6.45) is 7.12. The van der Waals surface area contributed by atoms with Crippen LogP contribution in [0.3, 0.4) is 0 Å². The van der Waals surface area contributed by atoms with Gasteiger partial charge in [0.2, 0.25) is 0 Å². The lowest BCUT2D eigenvalue weighted by molar-refractivity contribution is 1.10. The normalized spacial score (nSPS) is 13.7. The first kappa shape index (κ1) is 18.4. The molecule has 0 amide bonds. The molecule has 0 unspecified atom stereocenters. The molecule has 1 fully saturated rings. The largest absolute Gasteiger partial charge is 0.340 e. The van der Waals surface area contributed by atoms with Crippen LogP contribution in [-0.2, 0) is 6.42 Å². The molecule has 0 spiro atoms. The Labute approximate surface area is 184 Å². The van der Waals surface area contributed by atoms with Crippen LogP contribution < -0.4 is 5.32 Å². The summed E-state index contributed by atoms with van der Waals surface area (Å²) < 4.78 is 1.21. The summed E-state index contributed by atoms with van der Waals surface area (Å²) in [6.45, 7) is 2.16. The molecule has 4 aromatic heterocycles. The van der Waals surface area contributed by atoms with Crippen molar-refractivity contribution in [2.75, 3.05) is 5.32 Å². The van der Waals surface area contributed by atoms with Crippen molar-refractivity contribution in [2.24, 2.45) is 0 Å². The smallest absolute Gasteiger partial charge is 0.140 e. The van der Waals surface area contributed by atoms with E-state index in [1.807, 2.05) is 41.8 Å². The Morgan fingerprint density at radius 2 is 1.87 bits per heavy atom. The number of aromatic nitrogens is 4. The van der Waals surface area contributed by atoms with Crippen LogP contribution in [0.25, 0.3) is 32.5 Å². The maximum absolute atomic E-state index is 4.97. The van der Waals surface area contributed by atoms with Gasteiger partial charge in [0.05, 0.1) is 32.1 Å². The van der Waals surface area contributed by atoms with Gasteiger partial charge in [0.25, 0.3) is 0 Å². The molecule has 0 radical (unpaired) electrons. The number of hydrogen-bond donors (Lipinski definition) is 1. The summed E-state index contributed by atoms with van der Waals surface area (Å²) in [7, 11) is 0. The van der Waals surface area contributed by atoms with Gasteiger partial charge in [0.15, 0.2) is 0 Å². The number of anilines is 2. The maximum Gasteiger partial charge on any atom is 0.140 e. The quantitative estimate of drug-likeness (QED) is 0.350. The zero-order valence-corrected chi connectivity index (χ0v) is 18.0. The van der Waals surface area contributed by atoms with Crippen molar-refractivity contribution in [3.05, 3.63) is 71.5 Å². The molecule has 1 aliphatic rings. The van der Waals surface area contributed by atoms with E-state index in [0.717, 1.165) is 45.7 Å². The molecule has 6 heteroatoms.